The summed E-state index contributed by atoms with van der Waals surface area (Å²) in [6.07, 6.45) is 2.95. The van der Waals surface area contributed by atoms with Crippen molar-refractivity contribution in [2.45, 2.75) is 13.0 Å². The third-order valence-corrected chi connectivity index (χ3v) is 4.89. The van der Waals surface area contributed by atoms with E-state index in [4.69, 9.17) is 16.0 Å². The number of nitrogens with zero attached hydrogens (tertiary/aromatic N) is 2. The molecule has 1 fully saturated rings. The van der Waals surface area contributed by atoms with Crippen molar-refractivity contribution in [3.63, 3.8) is 0 Å². The number of furan rings is 1. The Morgan fingerprint density at radius 3 is 2.58 bits per heavy atom. The van der Waals surface area contributed by atoms with Crippen molar-refractivity contribution in [1.82, 2.24) is 15.1 Å². The van der Waals surface area contributed by atoms with E-state index in [1.807, 2.05) is 36.1 Å². The molecule has 0 saturated carbocycles. The minimum atomic E-state index is -0.153. The topological polar surface area (TPSA) is 65.8 Å². The van der Waals surface area contributed by atoms with Gasteiger partial charge in [0.05, 0.1) is 24.4 Å². The fourth-order valence-corrected chi connectivity index (χ4v) is 3.37. The lowest BCUT2D eigenvalue weighted by Crippen LogP contribution is -2.51. The summed E-state index contributed by atoms with van der Waals surface area (Å²) in [6.45, 7) is 4.74. The van der Waals surface area contributed by atoms with Gasteiger partial charge >= 0.3 is 0 Å². The van der Waals surface area contributed by atoms with Crippen LogP contribution in [0.2, 0.25) is 5.02 Å². The van der Waals surface area contributed by atoms with E-state index in [-0.39, 0.29) is 17.9 Å². The van der Waals surface area contributed by atoms with E-state index in [1.165, 1.54) is 12.5 Å². The molecule has 1 N–H and O–H groups in total. The summed E-state index contributed by atoms with van der Waals surface area (Å²) >= 11 is 6.18. The Balaban J connectivity index is 1.46. The van der Waals surface area contributed by atoms with Crippen LogP contribution < -0.4 is 5.32 Å². The number of carbonyl (C=O) groups excluding carboxylic acids is 2. The molecule has 0 aliphatic carbocycles. The Hall–Kier alpha value is -2.31. The van der Waals surface area contributed by atoms with Gasteiger partial charge in [0.25, 0.3) is 5.91 Å². The Bertz CT molecular complexity index is 755. The van der Waals surface area contributed by atoms with Crippen LogP contribution in [0.3, 0.4) is 0 Å². The lowest BCUT2D eigenvalue weighted by atomic mass is 10.1. The van der Waals surface area contributed by atoms with E-state index in [9.17, 15) is 9.59 Å². The monoisotopic (exact) mass is 375 g/mol. The number of halogens is 1. The maximum absolute atomic E-state index is 12.3. The van der Waals surface area contributed by atoms with E-state index >= 15 is 0 Å². The maximum atomic E-state index is 12.3. The van der Waals surface area contributed by atoms with Crippen molar-refractivity contribution in [1.29, 1.82) is 0 Å². The van der Waals surface area contributed by atoms with Crippen LogP contribution in [0.5, 0.6) is 0 Å². The average Bonchev–Trinajstić information content (AvgIpc) is 3.16. The van der Waals surface area contributed by atoms with E-state index in [0.717, 1.165) is 5.56 Å². The molecule has 1 aromatic carbocycles. The Kier molecular flexibility index (Phi) is 5.96. The molecule has 1 saturated heterocycles. The third kappa shape index (κ3) is 4.45. The normalized spacial score (nSPS) is 16.3. The molecule has 1 aliphatic rings. The molecule has 7 heteroatoms. The predicted molar refractivity (Wildman–Crippen MR) is 99.1 cm³/mol. The van der Waals surface area contributed by atoms with E-state index in [2.05, 4.69) is 5.32 Å². The highest BCUT2D eigenvalue weighted by Gasteiger charge is 2.24. The van der Waals surface area contributed by atoms with Gasteiger partial charge in [-0.25, -0.2) is 0 Å². The van der Waals surface area contributed by atoms with Gasteiger partial charge in [-0.15, -0.1) is 0 Å². The van der Waals surface area contributed by atoms with E-state index in [1.54, 1.807) is 11.0 Å². The molecule has 1 atom stereocenters. The van der Waals surface area contributed by atoms with Crippen LogP contribution in [-0.2, 0) is 4.79 Å². The molecule has 26 heavy (non-hydrogen) atoms. The zero-order valence-electron chi connectivity index (χ0n) is 14.7. The van der Waals surface area contributed by atoms with Crippen molar-refractivity contribution in [3.05, 3.63) is 59.0 Å². The number of nitrogens with one attached hydrogen (secondary N) is 1. The van der Waals surface area contributed by atoms with Crippen LogP contribution in [0.25, 0.3) is 0 Å². The van der Waals surface area contributed by atoms with Crippen LogP contribution >= 0.6 is 11.6 Å². The predicted octanol–water partition coefficient (Wildman–Crippen LogP) is 2.57. The smallest absolute Gasteiger partial charge is 0.257 e. The summed E-state index contributed by atoms with van der Waals surface area (Å²) in [7, 11) is 0. The summed E-state index contributed by atoms with van der Waals surface area (Å²) in [5, 5.41) is 3.63. The molecule has 0 radical (unpaired) electrons. The van der Waals surface area contributed by atoms with Gasteiger partial charge in [0.2, 0.25) is 5.91 Å². The molecular weight excluding hydrogens is 354 g/mol. The van der Waals surface area contributed by atoms with Crippen molar-refractivity contribution in [2.75, 3.05) is 32.7 Å². The summed E-state index contributed by atoms with van der Waals surface area (Å²) in [6, 6.07) is 9.01. The number of amides is 2. The van der Waals surface area contributed by atoms with Gasteiger partial charge in [0.1, 0.15) is 6.26 Å². The number of hydrogen-bond donors (Lipinski definition) is 1. The fraction of sp³-hybridized carbons (Fsp3) is 0.368. The van der Waals surface area contributed by atoms with Crippen molar-refractivity contribution >= 4 is 23.4 Å². The van der Waals surface area contributed by atoms with Crippen LogP contribution in [-0.4, -0.2) is 54.3 Å². The summed E-state index contributed by atoms with van der Waals surface area (Å²) < 4.78 is 4.96. The lowest BCUT2D eigenvalue weighted by Gasteiger charge is -2.34. The Morgan fingerprint density at radius 2 is 1.92 bits per heavy atom. The summed E-state index contributed by atoms with van der Waals surface area (Å²) in [5.41, 5.74) is 1.46. The second kappa shape index (κ2) is 8.38. The molecule has 0 spiro atoms. The van der Waals surface area contributed by atoms with Crippen molar-refractivity contribution < 1.29 is 14.0 Å². The highest BCUT2D eigenvalue weighted by Crippen LogP contribution is 2.22. The average molecular weight is 376 g/mol. The highest BCUT2D eigenvalue weighted by molar-refractivity contribution is 6.31. The van der Waals surface area contributed by atoms with Crippen LogP contribution in [0.15, 0.2) is 47.3 Å². The number of benzene rings is 1. The first-order valence-electron chi connectivity index (χ1n) is 8.62. The second-order valence-electron chi connectivity index (χ2n) is 6.39. The van der Waals surface area contributed by atoms with E-state index in [0.29, 0.717) is 43.3 Å². The first-order chi connectivity index (χ1) is 12.5. The fourth-order valence-electron chi connectivity index (χ4n) is 3.07. The second-order valence-corrected chi connectivity index (χ2v) is 6.80. The maximum Gasteiger partial charge on any atom is 0.257 e. The molecule has 3 rings (SSSR count). The molecule has 0 bridgehead atoms. The van der Waals surface area contributed by atoms with E-state index < -0.39 is 0 Å². The number of rotatable bonds is 5. The Labute approximate surface area is 157 Å². The van der Waals surface area contributed by atoms with Crippen LogP contribution in [0, 0.1) is 0 Å². The zero-order chi connectivity index (χ0) is 18.5. The molecule has 6 nitrogen and oxygen atoms in total. The minimum absolute atomic E-state index is 0.0322. The van der Waals surface area contributed by atoms with Gasteiger partial charge < -0.3 is 14.6 Å². The van der Waals surface area contributed by atoms with Crippen molar-refractivity contribution in [2.24, 2.45) is 0 Å². The van der Waals surface area contributed by atoms with Crippen molar-refractivity contribution in [3.8, 4) is 0 Å². The zero-order valence-corrected chi connectivity index (χ0v) is 15.4. The molecule has 138 valence electrons. The highest BCUT2D eigenvalue weighted by atomic mass is 35.5. The largest absolute Gasteiger partial charge is 0.472 e. The van der Waals surface area contributed by atoms with Gasteiger partial charge in [-0.3, -0.25) is 14.5 Å². The van der Waals surface area contributed by atoms with Gasteiger partial charge in [0, 0.05) is 31.2 Å². The molecule has 2 aromatic rings. The minimum Gasteiger partial charge on any atom is -0.472 e. The first kappa shape index (κ1) is 18.5. The molecule has 1 aromatic heterocycles. The molecule has 2 heterocycles. The van der Waals surface area contributed by atoms with Gasteiger partial charge in [-0.05, 0) is 24.6 Å². The van der Waals surface area contributed by atoms with Gasteiger partial charge in [-0.1, -0.05) is 29.8 Å². The lowest BCUT2D eigenvalue weighted by molar-refractivity contribution is -0.123. The van der Waals surface area contributed by atoms with Gasteiger partial charge in [0.15, 0.2) is 0 Å². The number of hydrogen-bond acceptors (Lipinski definition) is 4. The SMILES string of the molecule is CC(NC(=O)CN1CCN(C(=O)c2ccoc2)CC1)c1ccccc1Cl. The summed E-state index contributed by atoms with van der Waals surface area (Å²) in [5.74, 6) is -0.0813. The summed E-state index contributed by atoms with van der Waals surface area (Å²) in [4.78, 5) is 28.4. The quantitative estimate of drug-likeness (QED) is 0.872. The third-order valence-electron chi connectivity index (χ3n) is 4.54. The Morgan fingerprint density at radius 1 is 1.19 bits per heavy atom. The molecule has 1 unspecified atom stereocenters. The number of piperazine rings is 1. The van der Waals surface area contributed by atoms with Gasteiger partial charge in [-0.2, -0.15) is 0 Å². The number of carbonyl (C=O) groups is 2. The molecule has 2 amide bonds. The molecular formula is C19H22ClN3O3. The first-order valence-corrected chi connectivity index (χ1v) is 9.00. The van der Waals surface area contributed by atoms with Crippen LogP contribution in [0.1, 0.15) is 28.9 Å². The van der Waals surface area contributed by atoms with Crippen LogP contribution in [0.4, 0.5) is 0 Å². The molecule has 1 aliphatic heterocycles. The standard InChI is InChI=1S/C19H22ClN3O3/c1-14(16-4-2-3-5-17(16)20)21-18(24)12-22-7-9-23(10-8-22)19(25)15-6-11-26-13-15/h2-6,11,13-14H,7-10,12H2,1H3,(H,21,24).